The van der Waals surface area contributed by atoms with E-state index in [1.807, 2.05) is 11.9 Å². The Labute approximate surface area is 176 Å². The van der Waals surface area contributed by atoms with Crippen LogP contribution in [0.3, 0.4) is 0 Å². The quantitative estimate of drug-likeness (QED) is 0.653. The summed E-state index contributed by atoms with van der Waals surface area (Å²) in [6.07, 6.45) is 2.97. The smallest absolute Gasteiger partial charge is 0.169 e. The van der Waals surface area contributed by atoms with Gasteiger partial charge in [0.15, 0.2) is 19.7 Å². The average molecular weight is 451 g/mol. The lowest BCUT2D eigenvalue weighted by Gasteiger charge is -2.36. The Hall–Kier alpha value is -0.260. The molecule has 5 atom stereocenters. The minimum Gasteiger partial charge on any atom is -0.299 e. The average Bonchev–Trinajstić information content (AvgIpc) is 3.09. The maximum atomic E-state index is 12.9. The highest BCUT2D eigenvalue weighted by molar-refractivity contribution is 7.92. The van der Waals surface area contributed by atoms with Crippen LogP contribution < -0.4 is 5.32 Å². The number of hydrogen-bond donors (Lipinski definition) is 1. The molecular weight excluding hydrogens is 412 g/mol. The van der Waals surface area contributed by atoms with Crippen molar-refractivity contribution in [3.05, 3.63) is 0 Å². The molecule has 3 heterocycles. The fourth-order valence-corrected chi connectivity index (χ4v) is 8.21. The van der Waals surface area contributed by atoms with E-state index >= 15 is 0 Å². The molecule has 1 N–H and O–H groups in total. The third-order valence-electron chi connectivity index (χ3n) is 7.17. The van der Waals surface area contributed by atoms with Crippen molar-refractivity contribution in [1.82, 2.24) is 20.0 Å². The van der Waals surface area contributed by atoms with E-state index < -0.39 is 40.9 Å². The van der Waals surface area contributed by atoms with Crippen LogP contribution in [0.4, 0.5) is 0 Å². The topological polar surface area (TPSA) is 90.0 Å². The molecular formula is C19H38N4O4S2. The van der Waals surface area contributed by atoms with Crippen LogP contribution in [0.5, 0.6) is 0 Å². The van der Waals surface area contributed by atoms with Crippen LogP contribution in [0.2, 0.25) is 0 Å². The fraction of sp³-hybridized carbons (Fsp3) is 1.00. The van der Waals surface area contributed by atoms with E-state index in [4.69, 9.17) is 0 Å². The van der Waals surface area contributed by atoms with Crippen LogP contribution in [0.1, 0.15) is 53.9 Å². The Morgan fingerprint density at radius 1 is 0.862 bits per heavy atom. The number of sulfone groups is 2. The predicted octanol–water partition coefficient (Wildman–Crippen LogP) is 0.662. The minimum absolute atomic E-state index is 0.00536. The fourth-order valence-electron chi connectivity index (χ4n) is 5.00. The van der Waals surface area contributed by atoms with Gasteiger partial charge in [0, 0.05) is 25.7 Å². The third-order valence-corrected chi connectivity index (χ3v) is 12.2. The van der Waals surface area contributed by atoms with Crippen molar-refractivity contribution in [3.8, 4) is 0 Å². The van der Waals surface area contributed by atoms with Crippen molar-refractivity contribution >= 4 is 19.7 Å². The summed E-state index contributed by atoms with van der Waals surface area (Å²) in [6.45, 7) is 10.6. The molecule has 0 amide bonds. The maximum absolute atomic E-state index is 12.9. The molecule has 0 saturated carbocycles. The summed E-state index contributed by atoms with van der Waals surface area (Å²) < 4.78 is 51.6. The Morgan fingerprint density at radius 3 is 2.03 bits per heavy atom. The van der Waals surface area contributed by atoms with Gasteiger partial charge in [0.1, 0.15) is 10.7 Å². The molecule has 8 nitrogen and oxygen atoms in total. The molecule has 3 aliphatic rings. The first kappa shape index (κ1) is 23.4. The van der Waals surface area contributed by atoms with E-state index in [0.29, 0.717) is 19.6 Å². The van der Waals surface area contributed by atoms with Crippen LogP contribution in [0, 0.1) is 0 Å². The van der Waals surface area contributed by atoms with Crippen molar-refractivity contribution in [2.24, 2.45) is 0 Å². The van der Waals surface area contributed by atoms with Crippen molar-refractivity contribution in [2.45, 2.75) is 93.5 Å². The molecule has 0 aromatic heterocycles. The predicted molar refractivity (Wildman–Crippen MR) is 116 cm³/mol. The van der Waals surface area contributed by atoms with E-state index in [2.05, 4.69) is 22.0 Å². The highest BCUT2D eigenvalue weighted by Gasteiger charge is 2.49. The van der Waals surface area contributed by atoms with E-state index in [1.165, 1.54) is 0 Å². The largest absolute Gasteiger partial charge is 0.299 e. The first-order chi connectivity index (χ1) is 13.4. The lowest BCUT2D eigenvalue weighted by Crippen LogP contribution is -2.51. The summed E-state index contributed by atoms with van der Waals surface area (Å²) in [5.41, 5.74) is 0. The Kier molecular flexibility index (Phi) is 6.74. The summed E-state index contributed by atoms with van der Waals surface area (Å²) in [7, 11) is -4.59. The molecule has 3 saturated heterocycles. The molecule has 3 aliphatic heterocycles. The number of fused-ring (bicyclic) bond motifs is 1. The zero-order chi connectivity index (χ0) is 21.7. The molecule has 0 spiro atoms. The Morgan fingerprint density at radius 2 is 1.45 bits per heavy atom. The van der Waals surface area contributed by atoms with E-state index in [9.17, 15) is 16.8 Å². The van der Waals surface area contributed by atoms with Gasteiger partial charge in [0.05, 0.1) is 22.8 Å². The van der Waals surface area contributed by atoms with Gasteiger partial charge in [-0.05, 0) is 60.9 Å². The zero-order valence-corrected chi connectivity index (χ0v) is 20.2. The second kappa shape index (κ2) is 8.35. The molecule has 0 radical (unpaired) electrons. The summed E-state index contributed by atoms with van der Waals surface area (Å²) in [5, 5.41) is 1.58. The number of likely N-dealkylation sites (N-methyl/N-ethyl adjacent to an activating group) is 1. The van der Waals surface area contributed by atoms with Crippen molar-refractivity contribution < 1.29 is 16.8 Å². The van der Waals surface area contributed by atoms with Crippen LogP contribution in [-0.4, -0.2) is 97.8 Å². The maximum Gasteiger partial charge on any atom is 0.169 e. The SMILES string of the molecule is CC1N(C)C(S(=O)(=O)C(C)C)CN1C1CCCC2NCC(S(=O)(=O)C(C)C)N2C1. The van der Waals surface area contributed by atoms with Gasteiger partial charge in [-0.15, -0.1) is 0 Å². The van der Waals surface area contributed by atoms with E-state index in [1.54, 1.807) is 27.7 Å². The Bertz CT molecular complexity index is 799. The summed E-state index contributed by atoms with van der Waals surface area (Å²) in [5.74, 6) is 0. The van der Waals surface area contributed by atoms with Crippen molar-refractivity contribution in [2.75, 3.05) is 26.7 Å². The minimum atomic E-state index is -3.24. The van der Waals surface area contributed by atoms with Gasteiger partial charge in [0.2, 0.25) is 0 Å². The summed E-state index contributed by atoms with van der Waals surface area (Å²) >= 11 is 0. The molecule has 0 bridgehead atoms. The molecule has 0 aromatic rings. The molecule has 10 heteroatoms. The molecule has 0 aromatic carbocycles. The molecule has 0 aliphatic carbocycles. The molecule has 3 fully saturated rings. The first-order valence-corrected chi connectivity index (χ1v) is 14.0. The van der Waals surface area contributed by atoms with Gasteiger partial charge in [-0.3, -0.25) is 20.0 Å². The number of rotatable bonds is 5. The van der Waals surface area contributed by atoms with E-state index in [0.717, 1.165) is 19.3 Å². The van der Waals surface area contributed by atoms with Gasteiger partial charge in [0.25, 0.3) is 0 Å². The lowest BCUT2D eigenvalue weighted by atomic mass is 10.1. The van der Waals surface area contributed by atoms with Crippen LogP contribution in [0.25, 0.3) is 0 Å². The van der Waals surface area contributed by atoms with Gasteiger partial charge in [-0.1, -0.05) is 0 Å². The monoisotopic (exact) mass is 450 g/mol. The van der Waals surface area contributed by atoms with Gasteiger partial charge >= 0.3 is 0 Å². The van der Waals surface area contributed by atoms with Crippen molar-refractivity contribution in [3.63, 3.8) is 0 Å². The highest BCUT2D eigenvalue weighted by Crippen LogP contribution is 2.33. The zero-order valence-electron chi connectivity index (χ0n) is 18.6. The number of hydrogen-bond acceptors (Lipinski definition) is 8. The number of nitrogens with zero attached hydrogens (tertiary/aromatic N) is 3. The van der Waals surface area contributed by atoms with Crippen LogP contribution >= 0.6 is 0 Å². The molecule has 29 heavy (non-hydrogen) atoms. The third kappa shape index (κ3) is 4.13. The second-order valence-corrected chi connectivity index (χ2v) is 14.7. The van der Waals surface area contributed by atoms with Gasteiger partial charge in [-0.25, -0.2) is 16.8 Å². The number of nitrogens with one attached hydrogen (secondary N) is 1. The van der Waals surface area contributed by atoms with Gasteiger partial charge in [-0.2, -0.15) is 0 Å². The first-order valence-electron chi connectivity index (χ1n) is 10.8. The Balaban J connectivity index is 1.83. The lowest BCUT2D eigenvalue weighted by molar-refractivity contribution is 0.0931. The normalized spacial score (nSPS) is 36.1. The highest BCUT2D eigenvalue weighted by atomic mass is 32.2. The van der Waals surface area contributed by atoms with Crippen LogP contribution in [0.15, 0.2) is 0 Å². The summed E-state index contributed by atoms with van der Waals surface area (Å²) in [4.78, 5) is 6.37. The van der Waals surface area contributed by atoms with Crippen LogP contribution in [-0.2, 0) is 19.7 Å². The molecule has 170 valence electrons. The molecule has 3 rings (SSSR count). The standard InChI is InChI=1S/C19H38N4O4S2/c1-13(2)28(24,25)18-10-20-17-9-7-8-16(11-23(17)18)22-12-19(21(6)15(22)5)29(26,27)14(3)4/h13-20H,7-12H2,1-6H3. The van der Waals surface area contributed by atoms with E-state index in [-0.39, 0.29) is 18.4 Å². The van der Waals surface area contributed by atoms with Gasteiger partial charge < -0.3 is 0 Å². The van der Waals surface area contributed by atoms with Crippen molar-refractivity contribution in [1.29, 1.82) is 0 Å². The molecule has 5 unspecified atom stereocenters. The summed E-state index contributed by atoms with van der Waals surface area (Å²) in [6, 6.07) is 0.148. The second-order valence-electron chi connectivity index (χ2n) is 9.38.